The fourth-order valence-corrected chi connectivity index (χ4v) is 3.81. The highest BCUT2D eigenvalue weighted by Gasteiger charge is 2.14. The number of nitrogens with zero attached hydrogens (tertiary/aromatic N) is 1. The maximum Gasteiger partial charge on any atom is 0.0939 e. The molecule has 1 aromatic heterocycles. The zero-order valence-electron chi connectivity index (χ0n) is 10.3. The third kappa shape index (κ3) is 2.68. The van der Waals surface area contributed by atoms with Crippen molar-refractivity contribution in [3.63, 3.8) is 0 Å². The summed E-state index contributed by atoms with van der Waals surface area (Å²) in [6.07, 6.45) is 6.26. The molecule has 0 aliphatic carbocycles. The topological polar surface area (TPSA) is 24.9 Å². The van der Waals surface area contributed by atoms with Gasteiger partial charge in [-0.05, 0) is 37.9 Å². The summed E-state index contributed by atoms with van der Waals surface area (Å²) in [4.78, 5) is 4.66. The summed E-state index contributed by atoms with van der Waals surface area (Å²) in [7, 11) is 0. The number of hydrogen-bond acceptors (Lipinski definition) is 3. The molecule has 0 spiro atoms. The molecule has 1 unspecified atom stereocenters. The average molecular weight is 281 g/mol. The largest absolute Gasteiger partial charge is 0.314 e. The summed E-state index contributed by atoms with van der Waals surface area (Å²) in [5.41, 5.74) is 1.04. The van der Waals surface area contributed by atoms with Crippen LogP contribution >= 0.6 is 22.9 Å². The van der Waals surface area contributed by atoms with Crippen LogP contribution in [0.3, 0.4) is 0 Å². The fraction of sp³-hybridized carbons (Fsp3) is 0.500. The van der Waals surface area contributed by atoms with Crippen molar-refractivity contribution < 1.29 is 0 Å². The highest BCUT2D eigenvalue weighted by atomic mass is 35.5. The van der Waals surface area contributed by atoms with E-state index in [2.05, 4.69) is 10.3 Å². The van der Waals surface area contributed by atoms with Crippen LogP contribution in [0.5, 0.6) is 0 Å². The van der Waals surface area contributed by atoms with Gasteiger partial charge in [0.2, 0.25) is 0 Å². The maximum absolute atomic E-state index is 6.18. The number of fused-ring (bicyclic) bond motifs is 1. The van der Waals surface area contributed by atoms with E-state index in [4.69, 9.17) is 11.6 Å². The van der Waals surface area contributed by atoms with Crippen molar-refractivity contribution in [3.8, 4) is 0 Å². The number of hydrogen-bond donors (Lipinski definition) is 1. The molecule has 3 rings (SSSR count). The Hall–Kier alpha value is -0.640. The number of halogens is 1. The number of piperidine rings is 1. The Morgan fingerprint density at radius 2 is 2.33 bits per heavy atom. The predicted octanol–water partition coefficient (Wildman–Crippen LogP) is 4.02. The van der Waals surface area contributed by atoms with E-state index < -0.39 is 0 Å². The Kier molecular flexibility index (Phi) is 3.83. The van der Waals surface area contributed by atoms with E-state index in [0.717, 1.165) is 21.7 Å². The standard InChI is InChI=1S/C14H17ClN2S/c15-11-5-3-6-12-14(11)18-13(17-12)8-7-10-4-1-2-9-16-10/h3,5-6,10,16H,1-2,4,7-9H2. The Morgan fingerprint density at radius 1 is 1.39 bits per heavy atom. The van der Waals surface area contributed by atoms with Crippen molar-refractivity contribution in [1.29, 1.82) is 0 Å². The lowest BCUT2D eigenvalue weighted by Gasteiger charge is -2.22. The molecule has 1 saturated heterocycles. The molecule has 1 aliphatic heterocycles. The Bertz CT molecular complexity index is 532. The average Bonchev–Trinajstić information content (AvgIpc) is 2.82. The number of benzene rings is 1. The van der Waals surface area contributed by atoms with Crippen molar-refractivity contribution in [2.24, 2.45) is 0 Å². The lowest BCUT2D eigenvalue weighted by Crippen LogP contribution is -2.34. The molecule has 96 valence electrons. The first-order valence-corrected chi connectivity index (χ1v) is 7.80. The molecule has 0 saturated carbocycles. The molecule has 2 nitrogen and oxygen atoms in total. The summed E-state index contributed by atoms with van der Waals surface area (Å²) in [6, 6.07) is 6.63. The van der Waals surface area contributed by atoms with Gasteiger partial charge in [0.25, 0.3) is 0 Å². The number of aromatic nitrogens is 1. The number of aryl methyl sites for hydroxylation is 1. The van der Waals surface area contributed by atoms with Crippen molar-refractivity contribution in [3.05, 3.63) is 28.2 Å². The first-order chi connectivity index (χ1) is 8.83. The monoisotopic (exact) mass is 280 g/mol. The van der Waals surface area contributed by atoms with Crippen molar-refractivity contribution in [2.75, 3.05) is 6.54 Å². The summed E-state index contributed by atoms with van der Waals surface area (Å²) in [6.45, 7) is 1.18. The Labute approximate surface area is 116 Å². The van der Waals surface area contributed by atoms with Crippen LogP contribution in [0.2, 0.25) is 5.02 Å². The molecule has 2 heterocycles. The van der Waals surface area contributed by atoms with Gasteiger partial charge in [0.1, 0.15) is 0 Å². The van der Waals surface area contributed by atoms with Gasteiger partial charge < -0.3 is 5.32 Å². The molecule has 1 N–H and O–H groups in total. The van der Waals surface area contributed by atoms with Gasteiger partial charge in [-0.15, -0.1) is 11.3 Å². The second kappa shape index (κ2) is 5.55. The SMILES string of the molecule is Clc1cccc2nc(CCC3CCCCN3)sc12. The number of rotatable bonds is 3. The van der Waals surface area contributed by atoms with Gasteiger partial charge in [-0.3, -0.25) is 0 Å². The van der Waals surface area contributed by atoms with Gasteiger partial charge in [0.15, 0.2) is 0 Å². The molecule has 0 amide bonds. The van der Waals surface area contributed by atoms with Crippen LogP contribution in [0, 0.1) is 0 Å². The molecule has 1 fully saturated rings. The third-order valence-corrected chi connectivity index (χ3v) is 5.12. The van der Waals surface area contributed by atoms with E-state index in [1.165, 1.54) is 37.2 Å². The summed E-state index contributed by atoms with van der Waals surface area (Å²) in [5, 5.41) is 5.62. The minimum Gasteiger partial charge on any atom is -0.314 e. The van der Waals surface area contributed by atoms with E-state index in [9.17, 15) is 0 Å². The van der Waals surface area contributed by atoms with E-state index in [-0.39, 0.29) is 0 Å². The highest BCUT2D eigenvalue weighted by molar-refractivity contribution is 7.19. The Balaban J connectivity index is 1.69. The van der Waals surface area contributed by atoms with Gasteiger partial charge in [-0.25, -0.2) is 4.98 Å². The minimum absolute atomic E-state index is 0.682. The van der Waals surface area contributed by atoms with Crippen LogP contribution in [-0.2, 0) is 6.42 Å². The van der Waals surface area contributed by atoms with E-state index >= 15 is 0 Å². The quantitative estimate of drug-likeness (QED) is 0.918. The molecule has 2 aromatic rings. The van der Waals surface area contributed by atoms with Crippen molar-refractivity contribution in [1.82, 2.24) is 10.3 Å². The molecule has 18 heavy (non-hydrogen) atoms. The van der Waals surface area contributed by atoms with E-state index in [1.54, 1.807) is 11.3 Å². The summed E-state index contributed by atoms with van der Waals surface area (Å²) >= 11 is 7.92. The fourth-order valence-electron chi connectivity index (χ4n) is 2.54. The molecular formula is C14H17ClN2S. The van der Waals surface area contributed by atoms with Crippen molar-refractivity contribution >= 4 is 33.2 Å². The van der Waals surface area contributed by atoms with Gasteiger partial charge in [-0.2, -0.15) is 0 Å². The van der Waals surface area contributed by atoms with Crippen LogP contribution < -0.4 is 5.32 Å². The number of thiazole rings is 1. The molecular weight excluding hydrogens is 264 g/mol. The lowest BCUT2D eigenvalue weighted by atomic mass is 10.0. The van der Waals surface area contributed by atoms with Gasteiger partial charge in [-0.1, -0.05) is 24.1 Å². The van der Waals surface area contributed by atoms with Crippen LogP contribution in [0.4, 0.5) is 0 Å². The molecule has 1 atom stereocenters. The zero-order valence-corrected chi connectivity index (χ0v) is 11.9. The molecule has 0 radical (unpaired) electrons. The molecule has 1 aromatic carbocycles. The normalized spacial score (nSPS) is 20.4. The molecule has 1 aliphatic rings. The minimum atomic E-state index is 0.682. The van der Waals surface area contributed by atoms with Gasteiger partial charge in [0, 0.05) is 12.5 Å². The summed E-state index contributed by atoms with van der Waals surface area (Å²) in [5.74, 6) is 0. The smallest absolute Gasteiger partial charge is 0.0939 e. The van der Waals surface area contributed by atoms with E-state index in [0.29, 0.717) is 6.04 Å². The first-order valence-electron chi connectivity index (χ1n) is 6.60. The second-order valence-corrected chi connectivity index (χ2v) is 6.37. The highest BCUT2D eigenvalue weighted by Crippen LogP contribution is 2.29. The molecule has 0 bridgehead atoms. The van der Waals surface area contributed by atoms with Gasteiger partial charge in [0.05, 0.1) is 20.2 Å². The number of nitrogens with one attached hydrogen (secondary N) is 1. The van der Waals surface area contributed by atoms with E-state index in [1.807, 2.05) is 18.2 Å². The van der Waals surface area contributed by atoms with Crippen LogP contribution in [-0.4, -0.2) is 17.6 Å². The van der Waals surface area contributed by atoms with Crippen LogP contribution in [0.25, 0.3) is 10.2 Å². The van der Waals surface area contributed by atoms with Crippen molar-refractivity contribution in [2.45, 2.75) is 38.1 Å². The first kappa shape index (κ1) is 12.4. The summed E-state index contributed by atoms with van der Waals surface area (Å²) < 4.78 is 1.13. The molecule has 4 heteroatoms. The second-order valence-electron chi connectivity index (χ2n) is 4.88. The lowest BCUT2D eigenvalue weighted by molar-refractivity contribution is 0.383. The third-order valence-electron chi connectivity index (χ3n) is 3.53. The maximum atomic E-state index is 6.18. The van der Waals surface area contributed by atoms with Crippen LogP contribution in [0.15, 0.2) is 18.2 Å². The van der Waals surface area contributed by atoms with Gasteiger partial charge >= 0.3 is 0 Å². The van der Waals surface area contributed by atoms with Crippen LogP contribution in [0.1, 0.15) is 30.7 Å². The zero-order chi connectivity index (χ0) is 12.4. The Morgan fingerprint density at radius 3 is 3.11 bits per heavy atom. The predicted molar refractivity (Wildman–Crippen MR) is 78.6 cm³/mol.